The molecular formula is C9H21ClN4. The predicted octanol–water partition coefficient (Wildman–Crippen LogP) is 0.734. The van der Waals surface area contributed by atoms with Gasteiger partial charge in [-0.15, -0.1) is 11.6 Å². The molecule has 1 unspecified atom stereocenters. The quantitative estimate of drug-likeness (QED) is 0.245. The van der Waals surface area contributed by atoms with Gasteiger partial charge in [-0.05, 0) is 26.9 Å². The van der Waals surface area contributed by atoms with Crippen molar-refractivity contribution in [3.8, 4) is 0 Å². The summed E-state index contributed by atoms with van der Waals surface area (Å²) in [6.07, 6.45) is 3.23. The van der Waals surface area contributed by atoms with Crippen LogP contribution in [0.15, 0.2) is 4.99 Å². The van der Waals surface area contributed by atoms with Crippen LogP contribution in [-0.2, 0) is 0 Å². The van der Waals surface area contributed by atoms with Gasteiger partial charge in [-0.25, -0.2) is 0 Å². The van der Waals surface area contributed by atoms with Crippen molar-refractivity contribution in [1.29, 1.82) is 0 Å². The van der Waals surface area contributed by atoms with Crippen LogP contribution in [0.1, 0.15) is 20.3 Å². The molecule has 2 atom stereocenters. The SMILES string of the molecule is CCCN[C@@H](C)NC(C=NCCl)NC. The van der Waals surface area contributed by atoms with E-state index < -0.39 is 0 Å². The molecule has 3 N–H and O–H groups in total. The number of nitrogens with zero attached hydrogens (tertiary/aromatic N) is 1. The number of alkyl halides is 1. The molecule has 0 aromatic rings. The maximum Gasteiger partial charge on any atom is 0.113 e. The van der Waals surface area contributed by atoms with Crippen molar-refractivity contribution in [2.75, 3.05) is 19.6 Å². The second-order valence-corrected chi connectivity index (χ2v) is 3.30. The molecule has 0 spiro atoms. The molecule has 0 aliphatic rings. The van der Waals surface area contributed by atoms with E-state index in [9.17, 15) is 0 Å². The summed E-state index contributed by atoms with van der Waals surface area (Å²) in [4.78, 5) is 3.96. The Morgan fingerprint density at radius 3 is 2.71 bits per heavy atom. The number of halogens is 1. The molecule has 0 radical (unpaired) electrons. The molecule has 0 amide bonds. The van der Waals surface area contributed by atoms with Crippen LogP contribution in [0.2, 0.25) is 0 Å². The maximum absolute atomic E-state index is 5.45. The lowest BCUT2D eigenvalue weighted by Crippen LogP contribution is -2.51. The third-order valence-corrected chi connectivity index (χ3v) is 1.90. The van der Waals surface area contributed by atoms with Gasteiger partial charge in [-0.2, -0.15) is 0 Å². The van der Waals surface area contributed by atoms with Crippen molar-refractivity contribution in [3.63, 3.8) is 0 Å². The Hall–Kier alpha value is -0.160. The number of hydrogen-bond donors (Lipinski definition) is 3. The third kappa shape index (κ3) is 7.26. The largest absolute Gasteiger partial charge is 0.302 e. The van der Waals surface area contributed by atoms with Crippen molar-refractivity contribution >= 4 is 17.8 Å². The molecule has 0 saturated carbocycles. The topological polar surface area (TPSA) is 48.5 Å². The van der Waals surface area contributed by atoms with E-state index in [1.807, 2.05) is 7.05 Å². The van der Waals surface area contributed by atoms with E-state index in [0.29, 0.717) is 6.00 Å². The third-order valence-electron chi connectivity index (χ3n) is 1.76. The minimum Gasteiger partial charge on any atom is -0.302 e. The smallest absolute Gasteiger partial charge is 0.113 e. The summed E-state index contributed by atoms with van der Waals surface area (Å²) < 4.78 is 0. The van der Waals surface area contributed by atoms with Gasteiger partial charge in [0.2, 0.25) is 0 Å². The summed E-state index contributed by atoms with van der Waals surface area (Å²) in [6, 6.07) is 0.302. The first-order valence-corrected chi connectivity index (χ1v) is 5.50. The molecule has 84 valence electrons. The Labute approximate surface area is 91.5 Å². The van der Waals surface area contributed by atoms with Gasteiger partial charge in [0.05, 0.1) is 12.3 Å². The van der Waals surface area contributed by atoms with Crippen molar-refractivity contribution < 1.29 is 0 Å². The van der Waals surface area contributed by atoms with Gasteiger partial charge in [-0.3, -0.25) is 10.3 Å². The maximum atomic E-state index is 5.45. The molecule has 0 aliphatic carbocycles. The standard InChI is InChI=1S/C9H21ClN4/c1-4-5-13-8(2)14-9(11-3)6-12-7-10/h6,8-9,11,13-14H,4-5,7H2,1-3H3/t8-,9?/m1/s1. The molecule has 14 heavy (non-hydrogen) atoms. The Bertz CT molecular complexity index is 152. The molecule has 5 heteroatoms. The zero-order valence-corrected chi connectivity index (χ0v) is 9.93. The number of rotatable bonds is 8. The minimum atomic E-state index is 0.0631. The van der Waals surface area contributed by atoms with Crippen LogP contribution in [0.4, 0.5) is 0 Å². The average molecular weight is 221 g/mol. The van der Waals surface area contributed by atoms with E-state index >= 15 is 0 Å². The summed E-state index contributed by atoms with van der Waals surface area (Å²) >= 11 is 5.45. The Kier molecular flexibility index (Phi) is 9.29. The Morgan fingerprint density at radius 1 is 1.50 bits per heavy atom. The van der Waals surface area contributed by atoms with E-state index in [1.165, 1.54) is 0 Å². The van der Waals surface area contributed by atoms with Crippen LogP contribution in [0.3, 0.4) is 0 Å². The Balaban J connectivity index is 3.73. The van der Waals surface area contributed by atoms with Gasteiger partial charge in [0.1, 0.15) is 6.00 Å². The summed E-state index contributed by atoms with van der Waals surface area (Å²) in [5, 5.41) is 9.72. The number of hydrogen-bond acceptors (Lipinski definition) is 4. The van der Waals surface area contributed by atoms with Gasteiger partial charge in [0, 0.05) is 6.21 Å². The van der Waals surface area contributed by atoms with Crippen molar-refractivity contribution in [2.24, 2.45) is 4.99 Å². The lowest BCUT2D eigenvalue weighted by atomic mass is 10.4. The first-order chi connectivity index (χ1) is 6.74. The average Bonchev–Trinajstić information content (AvgIpc) is 2.21. The zero-order valence-electron chi connectivity index (χ0n) is 9.18. The van der Waals surface area contributed by atoms with Crippen LogP contribution >= 0.6 is 11.6 Å². The lowest BCUT2D eigenvalue weighted by molar-refractivity contribution is 0.414. The highest BCUT2D eigenvalue weighted by molar-refractivity contribution is 6.18. The van der Waals surface area contributed by atoms with E-state index in [1.54, 1.807) is 6.21 Å². The fourth-order valence-electron chi connectivity index (χ4n) is 1.04. The van der Waals surface area contributed by atoms with Crippen LogP contribution in [0, 0.1) is 0 Å². The molecule has 4 nitrogen and oxygen atoms in total. The van der Waals surface area contributed by atoms with E-state index in [2.05, 4.69) is 34.8 Å². The first-order valence-electron chi connectivity index (χ1n) is 4.97. The predicted molar refractivity (Wildman–Crippen MR) is 63.0 cm³/mol. The highest BCUT2D eigenvalue weighted by Crippen LogP contribution is 1.82. The summed E-state index contributed by atoms with van der Waals surface area (Å²) in [5.41, 5.74) is 0. The van der Waals surface area contributed by atoms with Gasteiger partial charge in [0.25, 0.3) is 0 Å². The summed E-state index contributed by atoms with van der Waals surface area (Å²) in [7, 11) is 1.88. The summed E-state index contributed by atoms with van der Waals surface area (Å²) in [6.45, 7) is 5.23. The highest BCUT2D eigenvalue weighted by atomic mass is 35.5. The van der Waals surface area contributed by atoms with Gasteiger partial charge in [-0.1, -0.05) is 6.92 Å². The number of aliphatic imine (C=N–C) groups is 1. The van der Waals surface area contributed by atoms with Crippen molar-refractivity contribution in [3.05, 3.63) is 0 Å². The highest BCUT2D eigenvalue weighted by Gasteiger charge is 2.05. The van der Waals surface area contributed by atoms with Crippen LogP contribution < -0.4 is 16.0 Å². The normalized spacial score (nSPS) is 16.0. The molecule has 0 saturated heterocycles. The molecule has 0 bridgehead atoms. The van der Waals surface area contributed by atoms with Crippen molar-refractivity contribution in [1.82, 2.24) is 16.0 Å². The Morgan fingerprint density at radius 2 is 2.21 bits per heavy atom. The molecule has 0 aromatic heterocycles. The lowest BCUT2D eigenvalue weighted by Gasteiger charge is -2.20. The van der Waals surface area contributed by atoms with E-state index in [0.717, 1.165) is 13.0 Å². The second-order valence-electron chi connectivity index (χ2n) is 3.06. The fraction of sp³-hybridized carbons (Fsp3) is 0.889. The molecule has 0 aliphatic heterocycles. The van der Waals surface area contributed by atoms with E-state index in [-0.39, 0.29) is 12.3 Å². The molecule has 0 fully saturated rings. The minimum absolute atomic E-state index is 0.0631. The molecule has 0 heterocycles. The fourth-order valence-corrected chi connectivity index (χ4v) is 1.11. The molecule has 0 aromatic carbocycles. The monoisotopic (exact) mass is 220 g/mol. The first kappa shape index (κ1) is 13.8. The van der Waals surface area contributed by atoms with Gasteiger partial charge in [0.15, 0.2) is 0 Å². The zero-order chi connectivity index (χ0) is 10.8. The van der Waals surface area contributed by atoms with Crippen LogP contribution in [0.25, 0.3) is 0 Å². The van der Waals surface area contributed by atoms with Crippen LogP contribution in [-0.4, -0.2) is 38.1 Å². The van der Waals surface area contributed by atoms with Gasteiger partial charge >= 0.3 is 0 Å². The molecule has 0 rings (SSSR count). The molecular weight excluding hydrogens is 200 g/mol. The van der Waals surface area contributed by atoms with Crippen molar-refractivity contribution in [2.45, 2.75) is 32.6 Å². The van der Waals surface area contributed by atoms with Gasteiger partial charge < -0.3 is 10.6 Å². The van der Waals surface area contributed by atoms with E-state index in [4.69, 9.17) is 11.6 Å². The number of nitrogens with one attached hydrogen (secondary N) is 3. The van der Waals surface area contributed by atoms with Crippen LogP contribution in [0.5, 0.6) is 0 Å². The second kappa shape index (κ2) is 9.40. The summed E-state index contributed by atoms with van der Waals surface area (Å²) in [5.74, 6) is 0.